The standard InChI is InChI=1S/C11H21NO2/c1-7(2)10(11(13)14)12(4)6-9-5-8(9)3/h7-10H,5-6H2,1-4H3,(H,13,14). The maximum absolute atomic E-state index is 11.0. The van der Waals surface area contributed by atoms with E-state index in [9.17, 15) is 4.79 Å². The van der Waals surface area contributed by atoms with Gasteiger partial charge in [-0.1, -0.05) is 20.8 Å². The highest BCUT2D eigenvalue weighted by Crippen LogP contribution is 2.38. The van der Waals surface area contributed by atoms with Gasteiger partial charge in [0.25, 0.3) is 0 Å². The van der Waals surface area contributed by atoms with Crippen molar-refractivity contribution in [2.75, 3.05) is 13.6 Å². The van der Waals surface area contributed by atoms with Crippen molar-refractivity contribution in [3.63, 3.8) is 0 Å². The molecule has 1 saturated carbocycles. The Balaban J connectivity index is 2.46. The number of hydrogen-bond donors (Lipinski definition) is 1. The Morgan fingerprint density at radius 1 is 1.57 bits per heavy atom. The number of hydrogen-bond acceptors (Lipinski definition) is 2. The number of carbonyl (C=O) groups is 1. The molecule has 1 aliphatic rings. The molecule has 3 nitrogen and oxygen atoms in total. The molecule has 1 aliphatic carbocycles. The van der Waals surface area contributed by atoms with Gasteiger partial charge in [0.15, 0.2) is 0 Å². The zero-order valence-corrected chi connectivity index (χ0v) is 9.53. The Morgan fingerprint density at radius 2 is 2.07 bits per heavy atom. The van der Waals surface area contributed by atoms with Crippen LogP contribution in [0.4, 0.5) is 0 Å². The maximum atomic E-state index is 11.0. The predicted molar refractivity (Wildman–Crippen MR) is 56.2 cm³/mol. The second kappa shape index (κ2) is 4.30. The summed E-state index contributed by atoms with van der Waals surface area (Å²) in [4.78, 5) is 13.0. The summed E-state index contributed by atoms with van der Waals surface area (Å²) in [6.45, 7) is 7.08. The third kappa shape index (κ3) is 2.71. The minimum atomic E-state index is -0.698. The van der Waals surface area contributed by atoms with Gasteiger partial charge in [0.2, 0.25) is 0 Å². The fraction of sp³-hybridized carbons (Fsp3) is 0.909. The molecule has 3 atom stereocenters. The Morgan fingerprint density at radius 3 is 2.36 bits per heavy atom. The normalized spacial score (nSPS) is 28.1. The molecule has 1 fully saturated rings. The smallest absolute Gasteiger partial charge is 0.321 e. The molecule has 0 aromatic carbocycles. The molecular weight excluding hydrogens is 178 g/mol. The van der Waals surface area contributed by atoms with Crippen LogP contribution in [0.25, 0.3) is 0 Å². The van der Waals surface area contributed by atoms with Crippen LogP contribution in [0.1, 0.15) is 27.2 Å². The highest BCUT2D eigenvalue weighted by atomic mass is 16.4. The van der Waals surface area contributed by atoms with Crippen molar-refractivity contribution in [1.29, 1.82) is 0 Å². The lowest BCUT2D eigenvalue weighted by Crippen LogP contribution is -2.43. The quantitative estimate of drug-likeness (QED) is 0.732. The summed E-state index contributed by atoms with van der Waals surface area (Å²) in [6.07, 6.45) is 1.26. The molecule has 0 amide bonds. The lowest BCUT2D eigenvalue weighted by Gasteiger charge is -2.27. The van der Waals surface area contributed by atoms with Crippen LogP contribution in [-0.2, 0) is 4.79 Å². The molecule has 0 saturated heterocycles. The van der Waals surface area contributed by atoms with Crippen LogP contribution in [0.15, 0.2) is 0 Å². The molecule has 0 aromatic rings. The molecule has 82 valence electrons. The summed E-state index contributed by atoms with van der Waals surface area (Å²) >= 11 is 0. The van der Waals surface area contributed by atoms with Gasteiger partial charge < -0.3 is 5.11 Å². The van der Waals surface area contributed by atoms with Crippen molar-refractivity contribution in [2.45, 2.75) is 33.2 Å². The van der Waals surface area contributed by atoms with Gasteiger partial charge in [-0.25, -0.2) is 0 Å². The van der Waals surface area contributed by atoms with Crippen molar-refractivity contribution in [2.24, 2.45) is 17.8 Å². The molecule has 0 heterocycles. The molecule has 0 radical (unpaired) electrons. The van der Waals surface area contributed by atoms with Crippen molar-refractivity contribution >= 4 is 5.97 Å². The van der Waals surface area contributed by atoms with Gasteiger partial charge in [-0.15, -0.1) is 0 Å². The lowest BCUT2D eigenvalue weighted by molar-refractivity contribution is -0.144. The molecule has 1 rings (SSSR count). The minimum Gasteiger partial charge on any atom is -0.480 e. The summed E-state index contributed by atoms with van der Waals surface area (Å²) in [5.41, 5.74) is 0. The SMILES string of the molecule is CC(C)C(C(=O)O)N(C)CC1CC1C. The Labute approximate surface area is 86.1 Å². The molecule has 0 spiro atoms. The first-order valence-electron chi connectivity index (χ1n) is 5.36. The molecule has 3 unspecified atom stereocenters. The summed E-state index contributed by atoms with van der Waals surface area (Å²) < 4.78 is 0. The molecule has 3 heteroatoms. The van der Waals surface area contributed by atoms with Gasteiger partial charge in [0, 0.05) is 6.54 Å². The van der Waals surface area contributed by atoms with Crippen molar-refractivity contribution in [3.05, 3.63) is 0 Å². The largest absolute Gasteiger partial charge is 0.480 e. The third-order valence-corrected chi connectivity index (χ3v) is 3.16. The van der Waals surface area contributed by atoms with Gasteiger partial charge in [-0.05, 0) is 31.2 Å². The van der Waals surface area contributed by atoms with Crippen molar-refractivity contribution in [3.8, 4) is 0 Å². The summed E-state index contributed by atoms with van der Waals surface area (Å²) in [7, 11) is 1.92. The van der Waals surface area contributed by atoms with Crippen LogP contribution in [-0.4, -0.2) is 35.6 Å². The van der Waals surface area contributed by atoms with Gasteiger partial charge in [0.05, 0.1) is 0 Å². The molecule has 14 heavy (non-hydrogen) atoms. The van der Waals surface area contributed by atoms with E-state index in [0.717, 1.165) is 18.4 Å². The van der Waals surface area contributed by atoms with Gasteiger partial charge in [-0.3, -0.25) is 9.69 Å². The highest BCUT2D eigenvalue weighted by Gasteiger charge is 2.36. The number of carboxylic acid groups (broad SMARTS) is 1. The van der Waals surface area contributed by atoms with Crippen LogP contribution in [0, 0.1) is 17.8 Å². The average molecular weight is 199 g/mol. The zero-order valence-electron chi connectivity index (χ0n) is 9.53. The third-order valence-electron chi connectivity index (χ3n) is 3.16. The minimum absolute atomic E-state index is 0.173. The number of likely N-dealkylation sites (N-methyl/N-ethyl adjacent to an activating group) is 1. The van der Waals surface area contributed by atoms with Crippen LogP contribution >= 0.6 is 0 Å². The molecule has 0 aliphatic heterocycles. The van der Waals surface area contributed by atoms with Crippen LogP contribution in [0.5, 0.6) is 0 Å². The van der Waals surface area contributed by atoms with E-state index in [-0.39, 0.29) is 12.0 Å². The first-order chi connectivity index (χ1) is 6.43. The average Bonchev–Trinajstić information content (AvgIpc) is 2.63. The summed E-state index contributed by atoms with van der Waals surface area (Å²) in [6, 6.07) is -0.331. The Hall–Kier alpha value is -0.570. The number of nitrogens with zero attached hydrogens (tertiary/aromatic N) is 1. The number of aliphatic carboxylic acids is 1. The fourth-order valence-corrected chi connectivity index (χ4v) is 2.12. The van der Waals surface area contributed by atoms with E-state index < -0.39 is 5.97 Å². The topological polar surface area (TPSA) is 40.5 Å². The van der Waals surface area contributed by atoms with E-state index in [1.807, 2.05) is 25.8 Å². The number of carboxylic acids is 1. The second-order valence-electron chi connectivity index (χ2n) is 4.94. The number of rotatable bonds is 5. The fourth-order valence-electron chi connectivity index (χ4n) is 2.12. The Kier molecular flexibility index (Phi) is 3.53. The summed E-state index contributed by atoms with van der Waals surface area (Å²) in [5, 5.41) is 9.07. The van der Waals surface area contributed by atoms with Crippen LogP contribution in [0.2, 0.25) is 0 Å². The monoisotopic (exact) mass is 199 g/mol. The summed E-state index contributed by atoms with van der Waals surface area (Å²) in [5.74, 6) is 0.988. The zero-order chi connectivity index (χ0) is 10.9. The lowest BCUT2D eigenvalue weighted by atomic mass is 10.0. The van der Waals surface area contributed by atoms with E-state index in [1.165, 1.54) is 6.42 Å². The van der Waals surface area contributed by atoms with Gasteiger partial charge in [0.1, 0.15) is 6.04 Å². The van der Waals surface area contributed by atoms with Crippen LogP contribution in [0.3, 0.4) is 0 Å². The van der Waals surface area contributed by atoms with Gasteiger partial charge >= 0.3 is 5.97 Å². The molecule has 0 aromatic heterocycles. The van der Waals surface area contributed by atoms with E-state index in [2.05, 4.69) is 6.92 Å². The van der Waals surface area contributed by atoms with E-state index >= 15 is 0 Å². The van der Waals surface area contributed by atoms with E-state index in [0.29, 0.717) is 0 Å². The van der Waals surface area contributed by atoms with Gasteiger partial charge in [-0.2, -0.15) is 0 Å². The first-order valence-corrected chi connectivity index (χ1v) is 5.36. The maximum Gasteiger partial charge on any atom is 0.321 e. The predicted octanol–water partition coefficient (Wildman–Crippen LogP) is 1.68. The van der Waals surface area contributed by atoms with E-state index in [1.54, 1.807) is 0 Å². The van der Waals surface area contributed by atoms with Crippen molar-refractivity contribution < 1.29 is 9.90 Å². The second-order valence-corrected chi connectivity index (χ2v) is 4.94. The van der Waals surface area contributed by atoms with E-state index in [4.69, 9.17) is 5.11 Å². The highest BCUT2D eigenvalue weighted by molar-refractivity contribution is 5.73. The first kappa shape index (κ1) is 11.5. The van der Waals surface area contributed by atoms with Crippen LogP contribution < -0.4 is 0 Å². The van der Waals surface area contributed by atoms with Crippen molar-refractivity contribution in [1.82, 2.24) is 4.90 Å². The molecule has 0 bridgehead atoms. The molecular formula is C11H21NO2. The Bertz CT molecular complexity index is 215. The molecule has 1 N–H and O–H groups in total.